The highest BCUT2D eigenvalue weighted by Gasteiger charge is 2.33. The quantitative estimate of drug-likeness (QED) is 0.434. The fourth-order valence-electron chi connectivity index (χ4n) is 2.05. The molecule has 2 aromatic rings. The van der Waals surface area contributed by atoms with Crippen LogP contribution in [-0.4, -0.2) is 10.2 Å². The highest BCUT2D eigenvalue weighted by Crippen LogP contribution is 2.36. The molecule has 1 aliphatic rings. The summed E-state index contributed by atoms with van der Waals surface area (Å²) in [6.45, 7) is 0. The average molecular weight is 455 g/mol. The molecule has 22 heavy (non-hydrogen) atoms. The van der Waals surface area contributed by atoms with Crippen LogP contribution in [-0.2, 0) is 4.79 Å². The monoisotopic (exact) mass is 453 g/mol. The van der Waals surface area contributed by atoms with E-state index in [9.17, 15) is 4.79 Å². The van der Waals surface area contributed by atoms with Gasteiger partial charge in [-0.1, -0.05) is 74.0 Å². The predicted molar refractivity (Wildman–Crippen MR) is 104 cm³/mol. The summed E-state index contributed by atoms with van der Waals surface area (Å²) in [5.74, 6) is -0.0897. The van der Waals surface area contributed by atoms with Crippen molar-refractivity contribution < 1.29 is 4.79 Å². The van der Waals surface area contributed by atoms with E-state index in [4.69, 9.17) is 12.2 Å². The molecule has 0 radical (unpaired) electrons. The van der Waals surface area contributed by atoms with Gasteiger partial charge in [0.2, 0.25) is 0 Å². The molecule has 2 aromatic carbocycles. The van der Waals surface area contributed by atoms with Gasteiger partial charge in [0.1, 0.15) is 0 Å². The largest absolute Gasteiger partial charge is 0.270 e. The van der Waals surface area contributed by atoms with Gasteiger partial charge in [-0.05, 0) is 42.0 Å². The molecular formula is C16H9Br2NOS2. The smallest absolute Gasteiger partial charge is 0.268 e. The van der Waals surface area contributed by atoms with Crippen LogP contribution < -0.4 is 4.90 Å². The van der Waals surface area contributed by atoms with Gasteiger partial charge in [0.25, 0.3) is 5.91 Å². The lowest BCUT2D eigenvalue weighted by Crippen LogP contribution is -2.27. The molecule has 0 aromatic heterocycles. The molecule has 1 aliphatic heterocycles. The Kier molecular flexibility index (Phi) is 4.82. The van der Waals surface area contributed by atoms with E-state index in [2.05, 4.69) is 31.9 Å². The van der Waals surface area contributed by atoms with Crippen molar-refractivity contribution in [1.82, 2.24) is 0 Å². The Bertz CT molecular complexity index is 804. The lowest BCUT2D eigenvalue weighted by Gasteiger charge is -2.14. The molecule has 0 unspecified atom stereocenters. The fourth-order valence-corrected chi connectivity index (χ4v) is 4.16. The molecule has 0 N–H and O–H groups in total. The minimum atomic E-state index is -0.0897. The van der Waals surface area contributed by atoms with Crippen LogP contribution in [0, 0.1) is 0 Å². The van der Waals surface area contributed by atoms with E-state index < -0.39 is 0 Å². The highest BCUT2D eigenvalue weighted by atomic mass is 79.9. The van der Waals surface area contributed by atoms with E-state index >= 15 is 0 Å². The minimum Gasteiger partial charge on any atom is -0.268 e. The highest BCUT2D eigenvalue weighted by molar-refractivity contribution is 9.10. The number of halogens is 2. The molecular weight excluding hydrogens is 446 g/mol. The summed E-state index contributed by atoms with van der Waals surface area (Å²) in [6, 6.07) is 15.4. The van der Waals surface area contributed by atoms with Crippen LogP contribution in [0.15, 0.2) is 62.4 Å². The molecule has 0 atom stereocenters. The van der Waals surface area contributed by atoms with Gasteiger partial charge in [0, 0.05) is 8.95 Å². The number of benzene rings is 2. The molecule has 0 aliphatic carbocycles. The Hall–Kier alpha value is -0.950. The molecule has 1 saturated heterocycles. The summed E-state index contributed by atoms with van der Waals surface area (Å²) in [5, 5.41) is 0. The van der Waals surface area contributed by atoms with E-state index in [-0.39, 0.29) is 5.91 Å². The van der Waals surface area contributed by atoms with Crippen LogP contribution in [0.2, 0.25) is 0 Å². The Balaban J connectivity index is 1.95. The summed E-state index contributed by atoms with van der Waals surface area (Å²) >= 11 is 13.5. The van der Waals surface area contributed by atoms with Crippen LogP contribution in [0.4, 0.5) is 5.69 Å². The van der Waals surface area contributed by atoms with Crippen LogP contribution in [0.5, 0.6) is 0 Å². The maximum Gasteiger partial charge on any atom is 0.270 e. The minimum absolute atomic E-state index is 0.0897. The number of hydrogen-bond acceptors (Lipinski definition) is 3. The van der Waals surface area contributed by atoms with Gasteiger partial charge in [-0.25, -0.2) is 0 Å². The van der Waals surface area contributed by atoms with Crippen molar-refractivity contribution in [3.8, 4) is 0 Å². The second-order valence-corrected chi connectivity index (χ2v) is 8.06. The standard InChI is InChI=1S/C16H9Br2NOS2/c17-11-4-1-3-10(7-11)8-14-15(20)19(16(21)22-14)13-6-2-5-12(18)9-13/h1-9H. The van der Waals surface area contributed by atoms with Crippen molar-refractivity contribution in [1.29, 1.82) is 0 Å². The van der Waals surface area contributed by atoms with Crippen molar-refractivity contribution in [3.63, 3.8) is 0 Å². The molecule has 0 saturated carbocycles. The zero-order valence-corrected chi connectivity index (χ0v) is 15.9. The molecule has 1 heterocycles. The van der Waals surface area contributed by atoms with Gasteiger partial charge in [-0.2, -0.15) is 0 Å². The average Bonchev–Trinajstić information content (AvgIpc) is 2.73. The number of hydrogen-bond donors (Lipinski definition) is 0. The number of nitrogens with zero attached hydrogens (tertiary/aromatic N) is 1. The SMILES string of the molecule is O=C1C(=Cc2cccc(Br)c2)SC(=S)N1c1cccc(Br)c1. The molecule has 110 valence electrons. The van der Waals surface area contributed by atoms with Gasteiger partial charge >= 0.3 is 0 Å². The Morgan fingerprint density at radius 3 is 2.41 bits per heavy atom. The number of rotatable bonds is 2. The van der Waals surface area contributed by atoms with Crippen LogP contribution >= 0.6 is 55.8 Å². The lowest BCUT2D eigenvalue weighted by molar-refractivity contribution is -0.113. The first-order valence-corrected chi connectivity index (χ1v) is 9.15. The summed E-state index contributed by atoms with van der Waals surface area (Å²) in [6.07, 6.45) is 1.86. The third kappa shape index (κ3) is 3.35. The van der Waals surface area contributed by atoms with Crippen molar-refractivity contribution in [2.75, 3.05) is 4.90 Å². The molecule has 6 heteroatoms. The first-order valence-electron chi connectivity index (χ1n) is 6.34. The molecule has 0 spiro atoms. The van der Waals surface area contributed by atoms with Gasteiger partial charge in [0.15, 0.2) is 4.32 Å². The van der Waals surface area contributed by atoms with E-state index in [1.807, 2.05) is 54.6 Å². The lowest BCUT2D eigenvalue weighted by atomic mass is 10.2. The number of carbonyl (C=O) groups is 1. The number of thiocarbonyl (C=S) groups is 1. The molecule has 2 nitrogen and oxygen atoms in total. The maximum absolute atomic E-state index is 12.6. The summed E-state index contributed by atoms with van der Waals surface area (Å²) in [5.41, 5.74) is 1.73. The predicted octanol–water partition coefficient (Wildman–Crippen LogP) is 5.62. The number of carbonyl (C=O) groups excluding carboxylic acids is 1. The third-order valence-corrected chi connectivity index (χ3v) is 5.30. The number of anilines is 1. The number of thioether (sulfide) groups is 1. The second kappa shape index (κ2) is 6.66. The number of amides is 1. The van der Waals surface area contributed by atoms with Crippen molar-refractivity contribution >= 4 is 77.8 Å². The van der Waals surface area contributed by atoms with Crippen molar-refractivity contribution in [3.05, 3.63) is 67.9 Å². The van der Waals surface area contributed by atoms with Gasteiger partial charge < -0.3 is 0 Å². The molecule has 1 fully saturated rings. The summed E-state index contributed by atoms with van der Waals surface area (Å²) in [4.78, 5) is 14.8. The Morgan fingerprint density at radius 2 is 1.73 bits per heavy atom. The van der Waals surface area contributed by atoms with Crippen LogP contribution in [0.25, 0.3) is 6.08 Å². The van der Waals surface area contributed by atoms with Gasteiger partial charge in [0.05, 0.1) is 10.6 Å². The van der Waals surface area contributed by atoms with E-state index in [0.29, 0.717) is 9.23 Å². The Labute approximate surface area is 154 Å². The topological polar surface area (TPSA) is 20.3 Å². The first kappa shape index (κ1) is 15.9. The van der Waals surface area contributed by atoms with E-state index in [1.165, 1.54) is 11.8 Å². The zero-order valence-electron chi connectivity index (χ0n) is 11.1. The van der Waals surface area contributed by atoms with Crippen molar-refractivity contribution in [2.45, 2.75) is 0 Å². The second-order valence-electron chi connectivity index (χ2n) is 4.55. The van der Waals surface area contributed by atoms with Gasteiger partial charge in [-0.15, -0.1) is 0 Å². The molecule has 1 amide bonds. The molecule has 3 rings (SSSR count). The zero-order chi connectivity index (χ0) is 15.7. The van der Waals surface area contributed by atoms with Crippen LogP contribution in [0.3, 0.4) is 0 Å². The summed E-state index contributed by atoms with van der Waals surface area (Å²) < 4.78 is 2.43. The molecule has 0 bridgehead atoms. The van der Waals surface area contributed by atoms with Crippen LogP contribution in [0.1, 0.15) is 5.56 Å². The van der Waals surface area contributed by atoms with E-state index in [1.54, 1.807) is 4.90 Å². The van der Waals surface area contributed by atoms with Gasteiger partial charge in [-0.3, -0.25) is 9.69 Å². The maximum atomic E-state index is 12.6. The summed E-state index contributed by atoms with van der Waals surface area (Å²) in [7, 11) is 0. The van der Waals surface area contributed by atoms with E-state index in [0.717, 1.165) is 20.2 Å². The first-order chi connectivity index (χ1) is 10.5. The fraction of sp³-hybridized carbons (Fsp3) is 0. The normalized spacial score (nSPS) is 16.6. The third-order valence-electron chi connectivity index (χ3n) is 3.01. The van der Waals surface area contributed by atoms with Crippen molar-refractivity contribution in [2.24, 2.45) is 0 Å². The Morgan fingerprint density at radius 1 is 1.05 bits per heavy atom.